The number of amides is 1. The molecule has 2 heterocycles. The molecule has 6 nitrogen and oxygen atoms in total. The highest BCUT2D eigenvalue weighted by atomic mass is 35.5. The molecular weight excluding hydrogens is 403 g/mol. The largest absolute Gasteiger partial charge is 0.417 e. The van der Waals surface area contributed by atoms with Crippen molar-refractivity contribution in [1.82, 2.24) is 24.8 Å². The molecule has 0 saturated heterocycles. The van der Waals surface area contributed by atoms with Crippen LogP contribution in [0.25, 0.3) is 0 Å². The van der Waals surface area contributed by atoms with Crippen LogP contribution in [0.4, 0.5) is 13.2 Å². The van der Waals surface area contributed by atoms with E-state index in [1.807, 2.05) is 19.0 Å². The third-order valence-electron chi connectivity index (χ3n) is 3.57. The maximum atomic E-state index is 12.7. The molecule has 0 aliphatic rings. The highest BCUT2D eigenvalue weighted by Gasteiger charge is 2.31. The zero-order valence-corrected chi connectivity index (χ0v) is 16.5. The van der Waals surface area contributed by atoms with Crippen LogP contribution < -0.4 is 5.32 Å². The van der Waals surface area contributed by atoms with Gasteiger partial charge in [0.25, 0.3) is 5.91 Å². The van der Waals surface area contributed by atoms with Crippen LogP contribution in [0.15, 0.2) is 28.6 Å². The summed E-state index contributed by atoms with van der Waals surface area (Å²) in [6.45, 7) is 1.38. The fourth-order valence-corrected chi connectivity index (χ4v) is 3.19. The molecule has 0 unspecified atom stereocenters. The Morgan fingerprint density at radius 1 is 1.33 bits per heavy atom. The standard InChI is InChI=1S/C16H19ClF3N5OS/c1-24(2)6-4-5-21-13(26)12-9-23-15(25(12)3)27-14-11(17)7-10(8-22-14)16(18,19)20/h7-9H,4-6H2,1-3H3,(H,21,26). The van der Waals surface area contributed by atoms with Crippen molar-refractivity contribution >= 4 is 29.3 Å². The molecule has 0 bridgehead atoms. The van der Waals surface area contributed by atoms with E-state index in [9.17, 15) is 18.0 Å². The highest BCUT2D eigenvalue weighted by Crippen LogP contribution is 2.35. The van der Waals surface area contributed by atoms with Crippen molar-refractivity contribution in [1.29, 1.82) is 0 Å². The fourth-order valence-electron chi connectivity index (χ4n) is 2.13. The van der Waals surface area contributed by atoms with Crippen molar-refractivity contribution in [3.05, 3.63) is 34.7 Å². The van der Waals surface area contributed by atoms with Gasteiger partial charge in [-0.1, -0.05) is 11.6 Å². The third kappa shape index (κ3) is 5.85. The summed E-state index contributed by atoms with van der Waals surface area (Å²) in [5.74, 6) is -0.276. The maximum absolute atomic E-state index is 12.7. The Morgan fingerprint density at radius 3 is 2.63 bits per heavy atom. The molecule has 27 heavy (non-hydrogen) atoms. The zero-order valence-electron chi connectivity index (χ0n) is 15.0. The second kappa shape index (κ2) is 8.94. The number of nitrogens with one attached hydrogen (secondary N) is 1. The van der Waals surface area contributed by atoms with Crippen LogP contribution in [0, 0.1) is 0 Å². The number of halogens is 4. The van der Waals surface area contributed by atoms with E-state index in [2.05, 4.69) is 15.3 Å². The number of alkyl halides is 3. The van der Waals surface area contributed by atoms with E-state index in [0.29, 0.717) is 17.4 Å². The van der Waals surface area contributed by atoms with Gasteiger partial charge in [-0.05, 0) is 44.9 Å². The van der Waals surface area contributed by atoms with E-state index >= 15 is 0 Å². The molecule has 11 heteroatoms. The average molecular weight is 422 g/mol. The summed E-state index contributed by atoms with van der Waals surface area (Å²) in [5.41, 5.74) is -0.583. The molecule has 2 aromatic heterocycles. The van der Waals surface area contributed by atoms with Gasteiger partial charge in [0.15, 0.2) is 5.16 Å². The first-order valence-electron chi connectivity index (χ1n) is 7.95. The lowest BCUT2D eigenvalue weighted by Gasteiger charge is -2.10. The molecule has 0 aliphatic carbocycles. The molecule has 0 fully saturated rings. The van der Waals surface area contributed by atoms with E-state index in [-0.39, 0.29) is 16.0 Å². The topological polar surface area (TPSA) is 63.1 Å². The first-order valence-corrected chi connectivity index (χ1v) is 9.14. The quantitative estimate of drug-likeness (QED) is 0.695. The number of hydrogen-bond acceptors (Lipinski definition) is 5. The smallest absolute Gasteiger partial charge is 0.351 e. The molecule has 1 amide bonds. The van der Waals surface area contributed by atoms with Gasteiger partial charge >= 0.3 is 6.18 Å². The lowest BCUT2D eigenvalue weighted by molar-refractivity contribution is -0.137. The third-order valence-corrected chi connectivity index (χ3v) is 5.05. The van der Waals surface area contributed by atoms with Gasteiger partial charge in [0.2, 0.25) is 0 Å². The monoisotopic (exact) mass is 421 g/mol. The van der Waals surface area contributed by atoms with E-state index in [0.717, 1.165) is 37.0 Å². The Balaban J connectivity index is 2.06. The van der Waals surface area contributed by atoms with Crippen molar-refractivity contribution in [2.75, 3.05) is 27.2 Å². The number of rotatable bonds is 7. The summed E-state index contributed by atoms with van der Waals surface area (Å²) >= 11 is 6.90. The van der Waals surface area contributed by atoms with Gasteiger partial charge in [0, 0.05) is 19.8 Å². The van der Waals surface area contributed by atoms with Gasteiger partial charge in [0.05, 0.1) is 16.8 Å². The summed E-state index contributed by atoms with van der Waals surface area (Å²) in [6, 6.07) is 0.818. The number of hydrogen-bond donors (Lipinski definition) is 1. The second-order valence-corrected chi connectivity index (χ2v) is 7.37. The number of imidazole rings is 1. The zero-order chi connectivity index (χ0) is 20.2. The van der Waals surface area contributed by atoms with Crippen LogP contribution in [-0.4, -0.2) is 52.5 Å². The summed E-state index contributed by atoms with van der Waals surface area (Å²) < 4.78 is 39.6. The number of pyridine rings is 1. The second-order valence-electron chi connectivity index (χ2n) is 6.01. The number of nitrogens with zero attached hydrogens (tertiary/aromatic N) is 4. The molecule has 148 valence electrons. The molecule has 0 aromatic carbocycles. The summed E-state index contributed by atoms with van der Waals surface area (Å²) in [6.07, 6.45) is -1.58. The van der Waals surface area contributed by atoms with Crippen LogP contribution in [0.3, 0.4) is 0 Å². The molecule has 0 atom stereocenters. The first-order chi connectivity index (χ1) is 12.6. The first kappa shape index (κ1) is 21.5. The Labute approximate surface area is 164 Å². The minimum atomic E-state index is -4.51. The SMILES string of the molecule is CN(C)CCCNC(=O)c1cnc(Sc2ncc(C(F)(F)F)cc2Cl)n1C. The molecular formula is C16H19ClF3N5OS. The van der Waals surface area contributed by atoms with E-state index in [1.165, 1.54) is 6.20 Å². The average Bonchev–Trinajstić information content (AvgIpc) is 2.93. The van der Waals surface area contributed by atoms with Crippen LogP contribution in [-0.2, 0) is 13.2 Å². The number of aromatic nitrogens is 3. The summed E-state index contributed by atoms with van der Waals surface area (Å²) in [5, 5.41) is 3.24. The Kier molecular flexibility index (Phi) is 7.12. The van der Waals surface area contributed by atoms with E-state index in [4.69, 9.17) is 11.6 Å². The highest BCUT2D eigenvalue weighted by molar-refractivity contribution is 7.99. The number of carbonyl (C=O) groups is 1. The van der Waals surface area contributed by atoms with Gasteiger partial charge < -0.3 is 14.8 Å². The molecule has 2 aromatic rings. The molecule has 2 rings (SSSR count). The molecule has 0 radical (unpaired) electrons. The van der Waals surface area contributed by atoms with E-state index < -0.39 is 11.7 Å². The van der Waals surface area contributed by atoms with Crippen molar-refractivity contribution in [3.63, 3.8) is 0 Å². The normalized spacial score (nSPS) is 11.9. The Hall–Kier alpha value is -1.78. The maximum Gasteiger partial charge on any atom is 0.417 e. The van der Waals surface area contributed by atoms with E-state index in [1.54, 1.807) is 11.6 Å². The van der Waals surface area contributed by atoms with Crippen LogP contribution >= 0.6 is 23.4 Å². The Morgan fingerprint density at radius 2 is 2.04 bits per heavy atom. The van der Waals surface area contributed by atoms with Crippen LogP contribution in [0.5, 0.6) is 0 Å². The van der Waals surface area contributed by atoms with Gasteiger partial charge in [0.1, 0.15) is 10.7 Å². The minimum absolute atomic E-state index is 0.132. The van der Waals surface area contributed by atoms with Crippen molar-refractivity contribution in [2.45, 2.75) is 22.8 Å². The lowest BCUT2D eigenvalue weighted by atomic mass is 10.3. The molecule has 0 aliphatic heterocycles. The van der Waals surface area contributed by atoms with Gasteiger partial charge in [-0.15, -0.1) is 0 Å². The minimum Gasteiger partial charge on any atom is -0.351 e. The van der Waals surface area contributed by atoms with Gasteiger partial charge in [-0.25, -0.2) is 9.97 Å². The predicted molar refractivity (Wildman–Crippen MR) is 97.1 cm³/mol. The summed E-state index contributed by atoms with van der Waals surface area (Å²) in [7, 11) is 5.54. The fraction of sp³-hybridized carbons (Fsp3) is 0.438. The predicted octanol–water partition coefficient (Wildman–Crippen LogP) is 3.32. The van der Waals surface area contributed by atoms with Crippen LogP contribution in [0.1, 0.15) is 22.5 Å². The van der Waals surface area contributed by atoms with Crippen molar-refractivity contribution in [3.8, 4) is 0 Å². The van der Waals surface area contributed by atoms with Crippen molar-refractivity contribution < 1.29 is 18.0 Å². The van der Waals surface area contributed by atoms with Gasteiger partial charge in [-0.2, -0.15) is 13.2 Å². The van der Waals surface area contributed by atoms with Crippen LogP contribution in [0.2, 0.25) is 5.02 Å². The van der Waals surface area contributed by atoms with Gasteiger partial charge in [-0.3, -0.25) is 4.79 Å². The number of carbonyl (C=O) groups excluding carboxylic acids is 1. The molecule has 0 spiro atoms. The lowest BCUT2D eigenvalue weighted by Crippen LogP contribution is -2.28. The Bertz CT molecular complexity index is 810. The van der Waals surface area contributed by atoms with Crippen molar-refractivity contribution in [2.24, 2.45) is 7.05 Å². The molecule has 0 saturated carbocycles. The summed E-state index contributed by atoms with van der Waals surface area (Å²) in [4.78, 5) is 22.2. The molecule has 1 N–H and O–H groups in total.